The summed E-state index contributed by atoms with van der Waals surface area (Å²) in [5.41, 5.74) is 0. The van der Waals surface area contributed by atoms with Crippen molar-refractivity contribution in [2.24, 2.45) is 0 Å². The zero-order valence-electron chi connectivity index (χ0n) is 20.0. The second-order valence-electron chi connectivity index (χ2n) is 4.36. The number of ether oxygens (including phenoxy) is 6. The van der Waals surface area contributed by atoms with Gasteiger partial charge in [0.25, 0.3) is 0 Å². The largest absolute Gasteiger partial charge is 0.653 e. The van der Waals surface area contributed by atoms with Crippen molar-refractivity contribution in [3.8, 4) is 0 Å². The fraction of sp³-hybridized carbons (Fsp3) is 0.833. The van der Waals surface area contributed by atoms with E-state index in [-0.39, 0.29) is 45.7 Å². The zero-order chi connectivity index (χ0) is 23.7. The van der Waals surface area contributed by atoms with E-state index in [9.17, 15) is 0 Å². The van der Waals surface area contributed by atoms with Crippen molar-refractivity contribution in [2.75, 3.05) is 72.7 Å². The van der Waals surface area contributed by atoms with Crippen LogP contribution in [-0.4, -0.2) is 114 Å². The van der Waals surface area contributed by atoms with Gasteiger partial charge in [-0.15, -0.1) is 0 Å². The number of hydrogen-bond donors (Lipinski definition) is 3. The molecule has 0 aliphatic carbocycles. The van der Waals surface area contributed by atoms with Crippen molar-refractivity contribution >= 4 is 19.4 Å². The Bertz CT molecular complexity index is 286. The molecule has 0 atom stereocenters. The summed E-state index contributed by atoms with van der Waals surface area (Å²) in [5, 5.41) is 25.6. The van der Waals surface area contributed by atoms with Gasteiger partial charge in [0.1, 0.15) is 6.10 Å². The molecule has 33 heavy (non-hydrogen) atoms. The Labute approximate surface area is 178 Å². The van der Waals surface area contributed by atoms with Crippen LogP contribution >= 0.6 is 0 Å². The summed E-state index contributed by atoms with van der Waals surface area (Å²) in [4.78, 5) is 27.2. The summed E-state index contributed by atoms with van der Waals surface area (Å²) < 4.78 is 27.5. The molecule has 0 fully saturated rings. The fourth-order valence-corrected chi connectivity index (χ4v) is 1.10. The van der Waals surface area contributed by atoms with Crippen molar-refractivity contribution in [1.29, 1.82) is 0 Å². The third-order valence-corrected chi connectivity index (χ3v) is 2.13. The quantitative estimate of drug-likeness (QED) is 0.0893. The molecule has 0 aliphatic heterocycles. The standard InChI is InChI=1S/C9H20O6.3C3H5O2.3Rf/c10-1-4-13-7-9(15-6-3-12)8-14-5-2-11;3*1-2-5-3-4;;;/h9-12H,1-8H2;3*2H2,1H3;;;/q;3*-1;;;. The first-order valence-electron chi connectivity index (χ1n) is 9.16. The van der Waals surface area contributed by atoms with E-state index in [2.05, 4.69) is 14.2 Å². The Morgan fingerprint density at radius 2 is 0.909 bits per heavy atom. The second kappa shape index (κ2) is 56.4. The van der Waals surface area contributed by atoms with E-state index >= 15 is 0 Å². The number of hydrogen-bond acceptors (Lipinski definition) is 12. The first kappa shape index (κ1) is 46.4. The summed E-state index contributed by atoms with van der Waals surface area (Å²) in [5.74, 6) is 0. The van der Waals surface area contributed by atoms with Crippen molar-refractivity contribution in [2.45, 2.75) is 26.9 Å². The Morgan fingerprint density at radius 1 is 0.606 bits per heavy atom. The van der Waals surface area contributed by atoms with Crippen LogP contribution in [0.2, 0.25) is 0 Å². The number of rotatable bonds is 17. The molecule has 3 N–H and O–H groups in total. The van der Waals surface area contributed by atoms with Crippen LogP contribution in [-0.2, 0) is 42.8 Å². The van der Waals surface area contributed by atoms with E-state index in [0.717, 1.165) is 0 Å². The number of carbonyl (C=O) groups excluding carboxylic acids is 3. The van der Waals surface area contributed by atoms with Crippen LogP contribution in [0.15, 0.2) is 0 Å². The maximum absolute atomic E-state index is 9.06. The monoisotopic (exact) mass is 1240 g/mol. The van der Waals surface area contributed by atoms with Gasteiger partial charge in [-0.25, -0.2) is 0 Å². The van der Waals surface area contributed by atoms with Crippen molar-refractivity contribution in [3.05, 3.63) is 0 Å². The van der Waals surface area contributed by atoms with Gasteiger partial charge in [-0.2, -0.15) is 0 Å². The summed E-state index contributed by atoms with van der Waals surface area (Å²) in [6, 6.07) is 0. The molecule has 0 heterocycles. The average molecular weight is 1240 g/mol. The first-order valence-corrected chi connectivity index (χ1v) is 9.16. The number of aliphatic hydroxyl groups excluding tert-OH is 3. The molecule has 0 unspecified atom stereocenters. The predicted octanol–water partition coefficient (Wildman–Crippen LogP) is -1.35. The van der Waals surface area contributed by atoms with Crippen LogP contribution in [0.1, 0.15) is 20.8 Å². The fourth-order valence-electron chi connectivity index (χ4n) is 1.10. The van der Waals surface area contributed by atoms with Crippen molar-refractivity contribution in [3.63, 3.8) is 0 Å². The van der Waals surface area contributed by atoms with Gasteiger partial charge in [0.05, 0.1) is 52.9 Å². The van der Waals surface area contributed by atoms with E-state index in [1.807, 2.05) is 0 Å². The minimum Gasteiger partial charge on any atom is -0.653 e. The van der Waals surface area contributed by atoms with Gasteiger partial charge in [-0.3, -0.25) is 0 Å². The third kappa shape index (κ3) is 74.8. The SMILES string of the molecule is CCO[C-]=O.CCO[C-]=O.CCO[C-]=O.OCCOCC(COCCO)OCCO.[Rf].[Rf].[Rf]. The van der Waals surface area contributed by atoms with Gasteiger partial charge in [-0.1, -0.05) is 19.4 Å². The predicted molar refractivity (Wildman–Crippen MR) is 105 cm³/mol. The maximum atomic E-state index is 9.06. The van der Waals surface area contributed by atoms with E-state index in [0.29, 0.717) is 33.0 Å². The van der Waals surface area contributed by atoms with Crippen LogP contribution in [0.3, 0.4) is 0 Å². The molecule has 0 radical (unpaired) electrons. The smallest absolute Gasteiger partial charge is 0.104 e. The van der Waals surface area contributed by atoms with Gasteiger partial charge >= 0.3 is 0 Å². The second-order valence-corrected chi connectivity index (χ2v) is 4.36. The van der Waals surface area contributed by atoms with E-state index < -0.39 is 0 Å². The van der Waals surface area contributed by atoms with E-state index in [1.165, 1.54) is 19.4 Å². The van der Waals surface area contributed by atoms with Gasteiger partial charge in [-0.05, 0) is 20.8 Å². The topological polar surface area (TPSA) is 167 Å². The van der Waals surface area contributed by atoms with Gasteiger partial charge in [0.15, 0.2) is 0 Å². The summed E-state index contributed by atoms with van der Waals surface area (Å²) >= 11 is 0. The summed E-state index contributed by atoms with van der Waals surface area (Å²) in [7, 11) is 0. The van der Waals surface area contributed by atoms with Crippen LogP contribution in [0.5, 0.6) is 0 Å². The summed E-state index contributed by atoms with van der Waals surface area (Å²) in [6.07, 6.45) is -0.282. The van der Waals surface area contributed by atoms with Crippen LogP contribution in [0, 0.1) is 0 Å². The van der Waals surface area contributed by atoms with Gasteiger partial charge in [0.2, 0.25) is 0 Å². The van der Waals surface area contributed by atoms with Crippen LogP contribution in [0.4, 0.5) is 0 Å². The molecule has 0 bridgehead atoms. The molecular weight excluding hydrogens is 1210 g/mol. The Kier molecular flexibility index (Phi) is 79.2. The third-order valence-electron chi connectivity index (χ3n) is 2.13. The molecule has 0 rings (SSSR count). The number of aliphatic hydroxyl groups is 3. The molecule has 15 heteroatoms. The molecule has 0 spiro atoms. The molecule has 0 aromatic carbocycles. The molecule has 0 saturated carbocycles. The van der Waals surface area contributed by atoms with Crippen LogP contribution < -0.4 is 0 Å². The molecule has 0 amide bonds. The Morgan fingerprint density at radius 3 is 1.09 bits per heavy atom. The van der Waals surface area contributed by atoms with Crippen molar-refractivity contribution < 1.29 is 58.1 Å². The Balaban J connectivity index is -0.0000000627. The van der Waals surface area contributed by atoms with E-state index in [1.54, 1.807) is 20.8 Å². The maximum Gasteiger partial charge on any atom is 0.104 e. The molecule has 0 aliphatic rings. The average Bonchev–Trinajstić information content (AvgIpc) is 2.75. The molecule has 12 nitrogen and oxygen atoms in total. The minimum absolute atomic E-state index is 0. The normalized spacial score (nSPS) is 8.09. The molecule has 0 saturated heterocycles. The molecular formula is C18H35O12Rf3-3. The van der Waals surface area contributed by atoms with Crippen molar-refractivity contribution in [1.82, 2.24) is 0 Å². The first-order chi connectivity index (χ1) is 14.6. The Hall–Kier alpha value is -4.83. The van der Waals surface area contributed by atoms with E-state index in [4.69, 9.17) is 43.9 Å². The molecule has 188 valence electrons. The summed E-state index contributed by atoms with van der Waals surface area (Å²) in [6.45, 7) is 11.4. The molecule has 0 aromatic rings. The zero-order valence-corrected chi connectivity index (χ0v) is 39.2. The van der Waals surface area contributed by atoms with Gasteiger partial charge < -0.3 is 58.1 Å². The van der Waals surface area contributed by atoms with Crippen LogP contribution in [0.25, 0.3) is 0 Å². The minimum atomic E-state index is -0.282. The molecule has 0 aromatic heterocycles. The van der Waals surface area contributed by atoms with Gasteiger partial charge in [0, 0.05) is 19.8 Å².